The lowest BCUT2D eigenvalue weighted by Crippen LogP contribution is -2.44. The van der Waals surface area contributed by atoms with Crippen LogP contribution in [0.3, 0.4) is 0 Å². The number of amides is 1. The Morgan fingerprint density at radius 2 is 1.79 bits per heavy atom. The van der Waals surface area contributed by atoms with Gasteiger partial charge >= 0.3 is 0 Å². The molecule has 2 heterocycles. The summed E-state index contributed by atoms with van der Waals surface area (Å²) in [6, 6.07) is 9.10. The Kier molecular flexibility index (Phi) is 5.29. The number of rotatable bonds is 3. The van der Waals surface area contributed by atoms with Crippen molar-refractivity contribution in [1.29, 1.82) is 0 Å². The Bertz CT molecular complexity index is 544. The van der Waals surface area contributed by atoms with Crippen molar-refractivity contribution in [3.63, 3.8) is 0 Å². The Hall–Kier alpha value is -1.35. The topological polar surface area (TPSA) is 29.5 Å². The van der Waals surface area contributed by atoms with Gasteiger partial charge in [-0.05, 0) is 54.6 Å². The summed E-state index contributed by atoms with van der Waals surface area (Å²) in [5.74, 6) is 0.916. The Labute approximate surface area is 146 Å². The maximum atomic E-state index is 12.4. The molecule has 0 aromatic heterocycles. The highest BCUT2D eigenvalue weighted by molar-refractivity contribution is 5.81. The van der Waals surface area contributed by atoms with E-state index in [0.717, 1.165) is 51.8 Å². The molecule has 0 aliphatic carbocycles. The number of piperidine rings is 1. The van der Waals surface area contributed by atoms with Gasteiger partial charge in [-0.3, -0.25) is 4.79 Å². The lowest BCUT2D eigenvalue weighted by molar-refractivity contribution is -0.142. The van der Waals surface area contributed by atoms with Gasteiger partial charge in [0.25, 0.3) is 5.91 Å². The molecule has 3 rings (SSSR count). The molecule has 1 aromatic rings. The maximum Gasteiger partial charge on any atom is 0.251 e. The van der Waals surface area contributed by atoms with Crippen molar-refractivity contribution >= 4 is 5.91 Å². The van der Waals surface area contributed by atoms with E-state index in [-0.39, 0.29) is 17.4 Å². The van der Waals surface area contributed by atoms with Gasteiger partial charge in [-0.1, -0.05) is 45.0 Å². The number of carbonyl (C=O) groups excluding carboxylic acids is 1. The van der Waals surface area contributed by atoms with E-state index in [1.54, 1.807) is 0 Å². The van der Waals surface area contributed by atoms with Crippen molar-refractivity contribution in [1.82, 2.24) is 4.90 Å². The highest BCUT2D eigenvalue weighted by Gasteiger charge is 2.30. The maximum absolute atomic E-state index is 12.4. The van der Waals surface area contributed by atoms with Crippen LogP contribution in [-0.4, -0.2) is 36.6 Å². The predicted octanol–water partition coefficient (Wildman–Crippen LogP) is 3.94. The van der Waals surface area contributed by atoms with Crippen LogP contribution < -0.4 is 0 Å². The van der Waals surface area contributed by atoms with Gasteiger partial charge in [0, 0.05) is 19.7 Å². The van der Waals surface area contributed by atoms with Crippen molar-refractivity contribution in [2.24, 2.45) is 5.92 Å². The number of ether oxygens (including phenoxy) is 1. The SMILES string of the molecule is CC(C)(C)c1ccc(CC2CCN(C(=O)C3CCCO3)CC2)cc1. The molecule has 0 N–H and O–H groups in total. The summed E-state index contributed by atoms with van der Waals surface area (Å²) < 4.78 is 5.54. The van der Waals surface area contributed by atoms with Gasteiger partial charge in [0.05, 0.1) is 0 Å². The first-order chi connectivity index (χ1) is 11.4. The normalized spacial score (nSPS) is 22.8. The molecule has 2 saturated heterocycles. The van der Waals surface area contributed by atoms with Crippen molar-refractivity contribution in [3.8, 4) is 0 Å². The summed E-state index contributed by atoms with van der Waals surface area (Å²) in [5, 5.41) is 0. The average molecular weight is 329 g/mol. The van der Waals surface area contributed by atoms with Crippen LogP contribution in [0.1, 0.15) is 57.6 Å². The second kappa shape index (κ2) is 7.26. The number of benzene rings is 1. The molecule has 2 aliphatic rings. The molecular weight excluding hydrogens is 298 g/mol. The first kappa shape index (κ1) is 17.5. The number of hydrogen-bond acceptors (Lipinski definition) is 2. The molecule has 2 fully saturated rings. The molecular formula is C21H31NO2. The Morgan fingerprint density at radius 3 is 2.33 bits per heavy atom. The van der Waals surface area contributed by atoms with E-state index < -0.39 is 0 Å². The van der Waals surface area contributed by atoms with Gasteiger partial charge in [0.1, 0.15) is 6.10 Å². The van der Waals surface area contributed by atoms with E-state index in [9.17, 15) is 4.79 Å². The van der Waals surface area contributed by atoms with Crippen LogP contribution in [0.25, 0.3) is 0 Å². The third-order valence-corrected chi connectivity index (χ3v) is 5.48. The molecule has 3 heteroatoms. The summed E-state index contributed by atoms with van der Waals surface area (Å²) in [4.78, 5) is 14.4. The number of hydrogen-bond donors (Lipinski definition) is 0. The van der Waals surface area contributed by atoms with Gasteiger partial charge < -0.3 is 9.64 Å². The molecule has 2 aliphatic heterocycles. The monoisotopic (exact) mass is 329 g/mol. The van der Waals surface area contributed by atoms with E-state index in [2.05, 4.69) is 45.0 Å². The van der Waals surface area contributed by atoms with E-state index in [4.69, 9.17) is 4.74 Å². The fourth-order valence-electron chi connectivity index (χ4n) is 3.81. The quantitative estimate of drug-likeness (QED) is 0.840. The van der Waals surface area contributed by atoms with Gasteiger partial charge in [-0.25, -0.2) is 0 Å². The van der Waals surface area contributed by atoms with Crippen molar-refractivity contribution in [3.05, 3.63) is 35.4 Å². The minimum absolute atomic E-state index is 0.161. The Morgan fingerprint density at radius 1 is 1.12 bits per heavy atom. The van der Waals surface area contributed by atoms with Crippen LogP contribution in [0.15, 0.2) is 24.3 Å². The zero-order chi connectivity index (χ0) is 17.2. The zero-order valence-electron chi connectivity index (χ0n) is 15.4. The number of nitrogens with zero attached hydrogens (tertiary/aromatic N) is 1. The standard InChI is InChI=1S/C21H31NO2/c1-21(2,3)18-8-6-16(7-9-18)15-17-10-12-22(13-11-17)20(23)19-5-4-14-24-19/h6-9,17,19H,4-5,10-15H2,1-3H3. The van der Waals surface area contributed by atoms with E-state index in [1.807, 2.05) is 4.90 Å². The Balaban J connectivity index is 1.49. The van der Waals surface area contributed by atoms with Gasteiger partial charge in [0.2, 0.25) is 0 Å². The number of carbonyl (C=O) groups is 1. The summed E-state index contributed by atoms with van der Waals surface area (Å²) >= 11 is 0. The van der Waals surface area contributed by atoms with Crippen LogP contribution in [0.2, 0.25) is 0 Å². The molecule has 132 valence electrons. The van der Waals surface area contributed by atoms with Crippen molar-refractivity contribution in [2.75, 3.05) is 19.7 Å². The van der Waals surface area contributed by atoms with Gasteiger partial charge in [0.15, 0.2) is 0 Å². The molecule has 0 radical (unpaired) electrons. The van der Waals surface area contributed by atoms with Crippen LogP contribution in [-0.2, 0) is 21.4 Å². The fraction of sp³-hybridized carbons (Fsp3) is 0.667. The van der Waals surface area contributed by atoms with Crippen LogP contribution in [0.5, 0.6) is 0 Å². The third kappa shape index (κ3) is 4.18. The fourth-order valence-corrected chi connectivity index (χ4v) is 3.81. The third-order valence-electron chi connectivity index (χ3n) is 5.48. The lowest BCUT2D eigenvalue weighted by Gasteiger charge is -2.33. The van der Waals surface area contributed by atoms with Crippen molar-refractivity contribution < 1.29 is 9.53 Å². The summed E-state index contributed by atoms with van der Waals surface area (Å²) in [5.41, 5.74) is 3.03. The first-order valence-corrected chi connectivity index (χ1v) is 9.43. The molecule has 1 unspecified atom stereocenters. The molecule has 24 heavy (non-hydrogen) atoms. The van der Waals surface area contributed by atoms with E-state index >= 15 is 0 Å². The highest BCUT2D eigenvalue weighted by Crippen LogP contribution is 2.26. The molecule has 0 spiro atoms. The second-order valence-corrected chi connectivity index (χ2v) is 8.42. The molecule has 1 aromatic carbocycles. The van der Waals surface area contributed by atoms with Gasteiger partial charge in [-0.15, -0.1) is 0 Å². The van der Waals surface area contributed by atoms with Crippen LogP contribution in [0.4, 0.5) is 0 Å². The number of likely N-dealkylation sites (tertiary alicyclic amines) is 1. The van der Waals surface area contributed by atoms with E-state index in [1.165, 1.54) is 11.1 Å². The summed E-state index contributed by atoms with van der Waals surface area (Å²) in [6.07, 6.45) is 5.12. The lowest BCUT2D eigenvalue weighted by atomic mass is 9.85. The minimum Gasteiger partial charge on any atom is -0.368 e. The molecule has 1 amide bonds. The molecule has 0 saturated carbocycles. The first-order valence-electron chi connectivity index (χ1n) is 9.43. The zero-order valence-corrected chi connectivity index (χ0v) is 15.4. The van der Waals surface area contributed by atoms with E-state index in [0.29, 0.717) is 5.92 Å². The second-order valence-electron chi connectivity index (χ2n) is 8.42. The summed E-state index contributed by atoms with van der Waals surface area (Å²) in [7, 11) is 0. The largest absolute Gasteiger partial charge is 0.368 e. The summed E-state index contributed by atoms with van der Waals surface area (Å²) in [6.45, 7) is 9.29. The highest BCUT2D eigenvalue weighted by atomic mass is 16.5. The van der Waals surface area contributed by atoms with Gasteiger partial charge in [-0.2, -0.15) is 0 Å². The minimum atomic E-state index is -0.161. The predicted molar refractivity (Wildman–Crippen MR) is 97.1 cm³/mol. The smallest absolute Gasteiger partial charge is 0.251 e. The van der Waals surface area contributed by atoms with Crippen LogP contribution in [0, 0.1) is 5.92 Å². The molecule has 0 bridgehead atoms. The molecule has 1 atom stereocenters. The average Bonchev–Trinajstić information content (AvgIpc) is 3.09. The van der Waals surface area contributed by atoms with Crippen molar-refractivity contribution in [2.45, 2.75) is 64.4 Å². The van der Waals surface area contributed by atoms with Crippen LogP contribution >= 0.6 is 0 Å². The molecule has 3 nitrogen and oxygen atoms in total.